The first-order valence-electron chi connectivity index (χ1n) is 11.1. The molecule has 4 rings (SSSR count). The number of nitrogens with one attached hydrogen (secondary N) is 2. The lowest BCUT2D eigenvalue weighted by Gasteiger charge is -2.17. The van der Waals surface area contributed by atoms with E-state index in [1.54, 1.807) is 43.4 Å². The Morgan fingerprint density at radius 2 is 1.94 bits per heavy atom. The molecule has 0 spiro atoms. The highest BCUT2D eigenvalue weighted by Gasteiger charge is 2.18. The van der Waals surface area contributed by atoms with Crippen molar-refractivity contribution < 1.29 is 9.53 Å². The molecule has 0 radical (unpaired) electrons. The van der Waals surface area contributed by atoms with Crippen molar-refractivity contribution >= 4 is 28.8 Å². The average Bonchev–Trinajstić information content (AvgIpc) is 3.30. The molecule has 4 aromatic rings. The fourth-order valence-electron chi connectivity index (χ4n) is 3.46. The lowest BCUT2D eigenvalue weighted by Crippen LogP contribution is -2.09. The van der Waals surface area contributed by atoms with Gasteiger partial charge in [0.05, 0.1) is 35.3 Å². The fourth-order valence-corrected chi connectivity index (χ4v) is 3.46. The first-order chi connectivity index (χ1) is 16.9. The lowest BCUT2D eigenvalue weighted by molar-refractivity contribution is 0.0988. The van der Waals surface area contributed by atoms with Crippen LogP contribution in [0.15, 0.2) is 48.9 Å². The summed E-state index contributed by atoms with van der Waals surface area (Å²) in [4.78, 5) is 21.4. The van der Waals surface area contributed by atoms with E-state index in [-0.39, 0.29) is 11.8 Å². The van der Waals surface area contributed by atoms with Gasteiger partial charge in [-0.2, -0.15) is 10.2 Å². The molecule has 1 atom stereocenters. The molecule has 3 aromatic heterocycles. The zero-order valence-corrected chi connectivity index (χ0v) is 20.0. The van der Waals surface area contributed by atoms with Crippen molar-refractivity contribution in [2.24, 2.45) is 12.8 Å². The Bertz CT molecular complexity index is 1330. The van der Waals surface area contributed by atoms with Crippen molar-refractivity contribution in [3.05, 3.63) is 60.2 Å². The maximum absolute atomic E-state index is 12.7. The number of hydrogen-bond acceptors (Lipinski definition) is 10. The van der Waals surface area contributed by atoms with Crippen LogP contribution >= 0.6 is 0 Å². The summed E-state index contributed by atoms with van der Waals surface area (Å²) in [6.07, 6.45) is 3.50. The number of benzene rings is 1. The minimum absolute atomic E-state index is 0.0471. The minimum Gasteiger partial charge on any atom is -0.494 e. The second kappa shape index (κ2) is 10.3. The molecule has 0 aliphatic carbocycles. The number of rotatable bonds is 9. The van der Waals surface area contributed by atoms with E-state index in [9.17, 15) is 4.79 Å². The highest BCUT2D eigenvalue weighted by molar-refractivity contribution is 6.02. The van der Waals surface area contributed by atoms with Crippen LogP contribution in [0.2, 0.25) is 0 Å². The van der Waals surface area contributed by atoms with Gasteiger partial charge in [0.15, 0.2) is 23.2 Å². The smallest absolute Gasteiger partial charge is 0.184 e. The highest BCUT2D eigenvalue weighted by Crippen LogP contribution is 2.37. The third kappa shape index (κ3) is 5.25. The molecule has 1 unspecified atom stereocenters. The van der Waals surface area contributed by atoms with Crippen LogP contribution in [0.1, 0.15) is 42.4 Å². The minimum atomic E-state index is -0.211. The Kier molecular flexibility index (Phi) is 6.97. The molecule has 1 aromatic carbocycles. The summed E-state index contributed by atoms with van der Waals surface area (Å²) in [5.41, 5.74) is 8.93. The Balaban J connectivity index is 1.69. The van der Waals surface area contributed by atoms with Crippen LogP contribution in [0, 0.1) is 0 Å². The monoisotopic (exact) mass is 473 g/mol. The number of aromatic nitrogens is 6. The number of carbonyl (C=O) groups is 1. The third-order valence-electron chi connectivity index (χ3n) is 5.26. The number of nitrogens with zero attached hydrogens (tertiary/aromatic N) is 6. The van der Waals surface area contributed by atoms with Crippen LogP contribution < -0.4 is 21.1 Å². The molecule has 0 saturated carbocycles. The van der Waals surface area contributed by atoms with Crippen molar-refractivity contribution in [2.45, 2.75) is 26.3 Å². The summed E-state index contributed by atoms with van der Waals surface area (Å²) in [6.45, 7) is 3.65. The van der Waals surface area contributed by atoms with Crippen LogP contribution in [0.4, 0.5) is 23.0 Å². The zero-order valence-electron chi connectivity index (χ0n) is 20.0. The molecule has 0 amide bonds. The maximum Gasteiger partial charge on any atom is 0.184 e. The number of methoxy groups -OCH3 is 1. The van der Waals surface area contributed by atoms with E-state index in [1.807, 2.05) is 32.0 Å². The number of nitrogens with two attached hydrogens (primary N) is 1. The molecule has 35 heavy (non-hydrogen) atoms. The van der Waals surface area contributed by atoms with Gasteiger partial charge in [-0.3, -0.25) is 9.48 Å². The molecule has 11 heteroatoms. The molecular weight excluding hydrogens is 446 g/mol. The van der Waals surface area contributed by atoms with Gasteiger partial charge in [-0.15, -0.1) is 5.10 Å². The SMILES string of the molecule is CCC(=O)c1cnc(Nc2ccc(C(C)N)nn2)cc1Nc1cccc(-c2ncn(C)n2)c1OC. The Hall–Kier alpha value is -4.38. The van der Waals surface area contributed by atoms with Crippen molar-refractivity contribution in [3.8, 4) is 17.1 Å². The van der Waals surface area contributed by atoms with E-state index >= 15 is 0 Å². The summed E-state index contributed by atoms with van der Waals surface area (Å²) >= 11 is 0. The molecule has 0 bridgehead atoms. The highest BCUT2D eigenvalue weighted by atomic mass is 16.5. The summed E-state index contributed by atoms with van der Waals surface area (Å²) in [6, 6.07) is 10.7. The third-order valence-corrected chi connectivity index (χ3v) is 5.26. The van der Waals surface area contributed by atoms with Crippen molar-refractivity contribution in [2.75, 3.05) is 17.7 Å². The number of pyridine rings is 1. The van der Waals surface area contributed by atoms with E-state index in [2.05, 4.69) is 35.9 Å². The largest absolute Gasteiger partial charge is 0.494 e. The molecule has 4 N–H and O–H groups in total. The number of ketones is 1. The molecular formula is C24H27N9O2. The van der Waals surface area contributed by atoms with Gasteiger partial charge < -0.3 is 21.1 Å². The fraction of sp³-hybridized carbons (Fsp3) is 0.250. The van der Waals surface area contributed by atoms with Gasteiger partial charge >= 0.3 is 0 Å². The van der Waals surface area contributed by atoms with Crippen LogP contribution in [-0.4, -0.2) is 42.8 Å². The number of carbonyl (C=O) groups excluding carboxylic acids is 1. The van der Waals surface area contributed by atoms with E-state index in [1.165, 1.54) is 6.20 Å². The molecule has 0 aliphatic rings. The van der Waals surface area contributed by atoms with Crippen LogP contribution in [0.3, 0.4) is 0 Å². The van der Waals surface area contributed by atoms with Gasteiger partial charge in [-0.05, 0) is 31.2 Å². The number of ether oxygens (including phenoxy) is 1. The zero-order chi connectivity index (χ0) is 24.9. The molecule has 0 saturated heterocycles. The van der Waals surface area contributed by atoms with Gasteiger partial charge in [0.25, 0.3) is 0 Å². The summed E-state index contributed by atoms with van der Waals surface area (Å²) in [5.74, 6) is 2.03. The molecule has 11 nitrogen and oxygen atoms in total. The van der Waals surface area contributed by atoms with E-state index in [0.29, 0.717) is 52.3 Å². The second-order valence-corrected chi connectivity index (χ2v) is 7.90. The number of para-hydroxylation sites is 1. The first-order valence-corrected chi connectivity index (χ1v) is 11.1. The van der Waals surface area contributed by atoms with Gasteiger partial charge in [-0.1, -0.05) is 13.0 Å². The predicted molar refractivity (Wildman–Crippen MR) is 133 cm³/mol. The molecule has 0 aliphatic heterocycles. The van der Waals surface area contributed by atoms with Gasteiger partial charge in [0.2, 0.25) is 0 Å². The second-order valence-electron chi connectivity index (χ2n) is 7.90. The van der Waals surface area contributed by atoms with E-state index in [0.717, 1.165) is 5.56 Å². The number of hydrogen-bond donors (Lipinski definition) is 3. The van der Waals surface area contributed by atoms with Crippen LogP contribution in [0.5, 0.6) is 5.75 Å². The maximum atomic E-state index is 12.7. The summed E-state index contributed by atoms with van der Waals surface area (Å²) in [5, 5.41) is 19.1. The van der Waals surface area contributed by atoms with Crippen LogP contribution in [0.25, 0.3) is 11.4 Å². The Labute approximate surface area is 202 Å². The number of aryl methyl sites for hydroxylation is 1. The van der Waals surface area contributed by atoms with Crippen molar-refractivity contribution in [1.29, 1.82) is 0 Å². The van der Waals surface area contributed by atoms with Gasteiger partial charge in [-0.25, -0.2) is 9.97 Å². The first kappa shape index (κ1) is 23.8. The molecule has 0 fully saturated rings. The summed E-state index contributed by atoms with van der Waals surface area (Å²) < 4.78 is 7.32. The molecule has 180 valence electrons. The molecule has 3 heterocycles. The van der Waals surface area contributed by atoms with Crippen molar-refractivity contribution in [3.63, 3.8) is 0 Å². The summed E-state index contributed by atoms with van der Waals surface area (Å²) in [7, 11) is 3.38. The van der Waals surface area contributed by atoms with Gasteiger partial charge in [0.1, 0.15) is 12.1 Å². The number of Topliss-reactive ketones (excluding diaryl/α,β-unsaturated/α-hetero) is 1. The van der Waals surface area contributed by atoms with Crippen molar-refractivity contribution in [1.82, 2.24) is 29.9 Å². The van der Waals surface area contributed by atoms with E-state index < -0.39 is 0 Å². The number of anilines is 4. The van der Waals surface area contributed by atoms with Crippen LogP contribution in [-0.2, 0) is 7.05 Å². The lowest BCUT2D eigenvalue weighted by atomic mass is 10.1. The normalized spacial score (nSPS) is 11.7. The predicted octanol–water partition coefficient (Wildman–Crippen LogP) is 3.78. The topological polar surface area (TPSA) is 146 Å². The van der Waals surface area contributed by atoms with E-state index in [4.69, 9.17) is 10.5 Å². The quantitative estimate of drug-likeness (QED) is 0.307. The Morgan fingerprint density at radius 3 is 2.57 bits per heavy atom. The average molecular weight is 474 g/mol. The Morgan fingerprint density at radius 1 is 1.11 bits per heavy atom. The van der Waals surface area contributed by atoms with Gasteiger partial charge in [0, 0.05) is 31.8 Å². The standard InChI is InChI=1S/C24H27N9O2/c1-5-20(34)16-12-26-22(29-21-10-9-17(14(2)25)30-31-21)11-19(16)28-18-8-6-7-15(23(18)35-4)24-27-13-33(3)32-24/h6-14H,5,25H2,1-4H3,(H2,26,28,29,31).